The van der Waals surface area contributed by atoms with Crippen LogP contribution in [0.25, 0.3) is 0 Å². The van der Waals surface area contributed by atoms with Gasteiger partial charge in [-0.2, -0.15) is 0 Å². The van der Waals surface area contributed by atoms with Crippen LogP contribution in [0, 0.1) is 5.92 Å². The lowest BCUT2D eigenvalue weighted by Gasteiger charge is -2.25. The Morgan fingerprint density at radius 3 is 3.10 bits per heavy atom. The lowest BCUT2D eigenvalue weighted by Crippen LogP contribution is -2.28. The maximum Gasteiger partial charge on any atom is 0.131 e. The molecule has 21 heavy (non-hydrogen) atoms. The van der Waals surface area contributed by atoms with Gasteiger partial charge in [0.2, 0.25) is 0 Å². The fraction of sp³-hybridized carbons (Fsp3) is 0.765. The number of aromatic nitrogens is 2. The zero-order chi connectivity index (χ0) is 14.5. The van der Waals surface area contributed by atoms with Gasteiger partial charge in [0, 0.05) is 24.9 Å². The standard InChI is InChI=1S/C17H27N3O/c1-2-18-11-13-6-7-16-14(9-13)12-19-17(20-16)10-15-5-3-4-8-21-15/h12-13,15,18H,2-11H2,1H3. The van der Waals surface area contributed by atoms with Crippen LogP contribution in [0.2, 0.25) is 0 Å². The van der Waals surface area contributed by atoms with E-state index in [1.165, 1.54) is 30.5 Å². The van der Waals surface area contributed by atoms with Gasteiger partial charge in [0.05, 0.1) is 6.10 Å². The van der Waals surface area contributed by atoms with Crippen molar-refractivity contribution >= 4 is 0 Å². The molecule has 3 rings (SSSR count). The molecule has 4 nitrogen and oxygen atoms in total. The predicted molar refractivity (Wildman–Crippen MR) is 83.4 cm³/mol. The zero-order valence-electron chi connectivity index (χ0n) is 13.1. The fourth-order valence-electron chi connectivity index (χ4n) is 3.42. The Bertz CT molecular complexity index is 457. The van der Waals surface area contributed by atoms with Crippen molar-refractivity contribution in [3.63, 3.8) is 0 Å². The number of nitrogens with one attached hydrogen (secondary N) is 1. The second-order valence-corrected chi connectivity index (χ2v) is 6.37. The van der Waals surface area contributed by atoms with Crippen LogP contribution in [0.1, 0.15) is 49.7 Å². The normalized spacial score (nSPS) is 25.6. The first kappa shape index (κ1) is 14.9. The maximum atomic E-state index is 5.80. The highest BCUT2D eigenvalue weighted by Gasteiger charge is 2.21. The highest BCUT2D eigenvalue weighted by Crippen LogP contribution is 2.24. The van der Waals surface area contributed by atoms with Crippen LogP contribution in [0.3, 0.4) is 0 Å². The molecule has 0 amide bonds. The molecule has 2 unspecified atom stereocenters. The van der Waals surface area contributed by atoms with Crippen LogP contribution in [0.15, 0.2) is 6.20 Å². The Balaban J connectivity index is 1.60. The first-order chi connectivity index (χ1) is 10.3. The van der Waals surface area contributed by atoms with Gasteiger partial charge in [-0.25, -0.2) is 9.97 Å². The SMILES string of the molecule is CCNCC1CCc2nc(CC3CCCCO3)ncc2C1. The van der Waals surface area contributed by atoms with Gasteiger partial charge in [-0.15, -0.1) is 0 Å². The summed E-state index contributed by atoms with van der Waals surface area (Å²) in [6.45, 7) is 5.25. The van der Waals surface area contributed by atoms with E-state index in [-0.39, 0.29) is 0 Å². The van der Waals surface area contributed by atoms with E-state index in [0.29, 0.717) is 6.10 Å². The molecule has 2 aliphatic rings. The molecule has 0 spiro atoms. The zero-order valence-corrected chi connectivity index (χ0v) is 13.1. The third-order valence-corrected chi connectivity index (χ3v) is 4.67. The molecule has 1 aromatic rings. The van der Waals surface area contributed by atoms with Gasteiger partial charge in [-0.1, -0.05) is 6.92 Å². The van der Waals surface area contributed by atoms with Crippen molar-refractivity contribution in [1.82, 2.24) is 15.3 Å². The van der Waals surface area contributed by atoms with Crippen LogP contribution in [-0.4, -0.2) is 35.8 Å². The smallest absolute Gasteiger partial charge is 0.131 e. The van der Waals surface area contributed by atoms with Crippen LogP contribution in [-0.2, 0) is 24.0 Å². The van der Waals surface area contributed by atoms with Crippen molar-refractivity contribution in [1.29, 1.82) is 0 Å². The third kappa shape index (κ3) is 4.01. The molecule has 116 valence electrons. The molecule has 1 aliphatic heterocycles. The minimum Gasteiger partial charge on any atom is -0.378 e. The number of fused-ring (bicyclic) bond motifs is 1. The molecule has 1 fully saturated rings. The van der Waals surface area contributed by atoms with E-state index in [1.807, 2.05) is 0 Å². The van der Waals surface area contributed by atoms with Crippen molar-refractivity contribution in [2.45, 2.75) is 58.0 Å². The number of nitrogens with zero attached hydrogens (tertiary/aromatic N) is 2. The van der Waals surface area contributed by atoms with Crippen LogP contribution in [0.5, 0.6) is 0 Å². The van der Waals surface area contributed by atoms with Crippen molar-refractivity contribution in [3.8, 4) is 0 Å². The lowest BCUT2D eigenvalue weighted by atomic mass is 9.87. The largest absolute Gasteiger partial charge is 0.378 e. The Morgan fingerprint density at radius 1 is 1.33 bits per heavy atom. The van der Waals surface area contributed by atoms with Gasteiger partial charge in [0.1, 0.15) is 5.82 Å². The van der Waals surface area contributed by atoms with Crippen molar-refractivity contribution in [2.24, 2.45) is 5.92 Å². The molecule has 0 aromatic carbocycles. The van der Waals surface area contributed by atoms with Crippen LogP contribution in [0.4, 0.5) is 0 Å². The summed E-state index contributed by atoms with van der Waals surface area (Å²) in [6.07, 6.45) is 10.4. The average Bonchev–Trinajstić information content (AvgIpc) is 2.54. The molecule has 1 N–H and O–H groups in total. The van der Waals surface area contributed by atoms with E-state index in [2.05, 4.69) is 23.4 Å². The van der Waals surface area contributed by atoms with Gasteiger partial charge in [-0.3, -0.25) is 0 Å². The fourth-order valence-corrected chi connectivity index (χ4v) is 3.42. The summed E-state index contributed by atoms with van der Waals surface area (Å²) in [4.78, 5) is 9.40. The first-order valence-corrected chi connectivity index (χ1v) is 8.51. The molecule has 4 heteroatoms. The summed E-state index contributed by atoms with van der Waals surface area (Å²) in [5.74, 6) is 1.72. The molecule has 2 heterocycles. The highest BCUT2D eigenvalue weighted by molar-refractivity contribution is 5.21. The monoisotopic (exact) mass is 289 g/mol. The molecule has 1 aromatic heterocycles. The summed E-state index contributed by atoms with van der Waals surface area (Å²) in [7, 11) is 0. The number of hydrogen-bond donors (Lipinski definition) is 1. The highest BCUT2D eigenvalue weighted by atomic mass is 16.5. The molecule has 1 saturated heterocycles. The topological polar surface area (TPSA) is 47.0 Å². The molecule has 1 aliphatic carbocycles. The predicted octanol–water partition coefficient (Wildman–Crippen LogP) is 2.30. The van der Waals surface area contributed by atoms with Gasteiger partial charge in [0.15, 0.2) is 0 Å². The Hall–Kier alpha value is -1.00. The summed E-state index contributed by atoms with van der Waals surface area (Å²) >= 11 is 0. The number of aryl methyl sites for hydroxylation is 1. The molecular formula is C17H27N3O. The number of ether oxygens (including phenoxy) is 1. The van der Waals surface area contributed by atoms with E-state index in [0.717, 1.165) is 57.1 Å². The van der Waals surface area contributed by atoms with Crippen molar-refractivity contribution < 1.29 is 4.74 Å². The summed E-state index contributed by atoms with van der Waals surface area (Å²) in [5.41, 5.74) is 2.64. The van der Waals surface area contributed by atoms with Crippen LogP contribution < -0.4 is 5.32 Å². The summed E-state index contributed by atoms with van der Waals surface area (Å²) in [6, 6.07) is 0. The molecular weight excluding hydrogens is 262 g/mol. The van der Waals surface area contributed by atoms with Crippen molar-refractivity contribution in [2.75, 3.05) is 19.7 Å². The van der Waals surface area contributed by atoms with E-state index in [1.54, 1.807) is 0 Å². The average molecular weight is 289 g/mol. The molecule has 0 radical (unpaired) electrons. The molecule has 0 bridgehead atoms. The Labute approximate surface area is 127 Å². The van der Waals surface area contributed by atoms with Gasteiger partial charge in [0.25, 0.3) is 0 Å². The van der Waals surface area contributed by atoms with E-state index in [9.17, 15) is 0 Å². The molecule has 2 atom stereocenters. The van der Waals surface area contributed by atoms with E-state index in [4.69, 9.17) is 9.72 Å². The van der Waals surface area contributed by atoms with E-state index >= 15 is 0 Å². The van der Waals surface area contributed by atoms with E-state index < -0.39 is 0 Å². The summed E-state index contributed by atoms with van der Waals surface area (Å²) < 4.78 is 5.80. The minimum atomic E-state index is 0.335. The lowest BCUT2D eigenvalue weighted by molar-refractivity contribution is 0.0156. The number of rotatable bonds is 5. The second kappa shape index (κ2) is 7.32. The molecule has 0 saturated carbocycles. The second-order valence-electron chi connectivity index (χ2n) is 6.37. The van der Waals surface area contributed by atoms with Crippen molar-refractivity contribution in [3.05, 3.63) is 23.3 Å². The maximum absolute atomic E-state index is 5.80. The Kier molecular flexibility index (Phi) is 5.20. The summed E-state index contributed by atoms with van der Waals surface area (Å²) in [5, 5.41) is 3.46. The first-order valence-electron chi connectivity index (χ1n) is 8.51. The van der Waals surface area contributed by atoms with Crippen LogP contribution >= 0.6 is 0 Å². The van der Waals surface area contributed by atoms with Gasteiger partial charge in [-0.05, 0) is 63.1 Å². The Morgan fingerprint density at radius 2 is 2.29 bits per heavy atom. The quantitative estimate of drug-likeness (QED) is 0.903. The number of hydrogen-bond acceptors (Lipinski definition) is 4. The van der Waals surface area contributed by atoms with Gasteiger partial charge >= 0.3 is 0 Å². The third-order valence-electron chi connectivity index (χ3n) is 4.67. The van der Waals surface area contributed by atoms with Gasteiger partial charge < -0.3 is 10.1 Å². The minimum absolute atomic E-state index is 0.335.